The van der Waals surface area contributed by atoms with Crippen LogP contribution in [-0.4, -0.2) is 90.7 Å². The quantitative estimate of drug-likeness (QED) is 0.237. The van der Waals surface area contributed by atoms with E-state index in [4.69, 9.17) is 9.47 Å². The van der Waals surface area contributed by atoms with Gasteiger partial charge >= 0.3 is 16.3 Å². The number of ether oxygens (including phenoxy) is 2. The normalized spacial score (nSPS) is 22.0. The Balaban J connectivity index is 1.49. The number of nitriles is 1. The number of rotatable bonds is 9. The van der Waals surface area contributed by atoms with Gasteiger partial charge in [0, 0.05) is 52.5 Å². The zero-order valence-electron chi connectivity index (χ0n) is 25.3. The molecule has 0 radical (unpaired) electrons. The summed E-state index contributed by atoms with van der Waals surface area (Å²) in [5.41, 5.74) is -0.471. The molecule has 1 amide bonds. The molecule has 0 spiro atoms. The third-order valence-corrected chi connectivity index (χ3v) is 11.2. The number of aromatic nitrogens is 3. The fourth-order valence-corrected chi connectivity index (χ4v) is 7.82. The van der Waals surface area contributed by atoms with Gasteiger partial charge in [-0.05, 0) is 45.2 Å². The monoisotopic (exact) mass is 605 g/mol. The van der Waals surface area contributed by atoms with Crippen LogP contribution in [0.2, 0.25) is 25.7 Å². The lowest BCUT2D eigenvalue weighted by molar-refractivity contribution is 0.0397. The minimum absolute atomic E-state index is 0.0952. The lowest BCUT2D eigenvalue weighted by atomic mass is 9.75. The summed E-state index contributed by atoms with van der Waals surface area (Å²) in [5.74, 6) is 0.912. The molecule has 12 nitrogen and oxygen atoms in total. The third-order valence-electron chi connectivity index (χ3n) is 7.72. The molecule has 226 valence electrons. The van der Waals surface area contributed by atoms with E-state index >= 15 is 0 Å². The average molecular weight is 606 g/mol. The van der Waals surface area contributed by atoms with Crippen LogP contribution in [0.25, 0.3) is 11.0 Å². The van der Waals surface area contributed by atoms with Crippen molar-refractivity contribution in [3.05, 3.63) is 18.6 Å². The van der Waals surface area contributed by atoms with Gasteiger partial charge in [-0.3, -0.25) is 0 Å². The third kappa shape index (κ3) is 7.02. The first kappa shape index (κ1) is 31.2. The molecule has 14 heteroatoms. The molecule has 0 aliphatic carbocycles. The maximum absolute atomic E-state index is 13.6. The molecule has 0 bridgehead atoms. The largest absolute Gasteiger partial charge is 0.443 e. The highest BCUT2D eigenvalue weighted by atomic mass is 32.2. The summed E-state index contributed by atoms with van der Waals surface area (Å²) in [6, 6.07) is 4.90. The lowest BCUT2D eigenvalue weighted by Crippen LogP contribution is -2.49. The number of hydrogen-bond acceptors (Lipinski definition) is 9. The number of piperidine rings is 1. The van der Waals surface area contributed by atoms with Crippen molar-refractivity contribution in [2.24, 2.45) is 11.3 Å². The topological polar surface area (TPSA) is 134 Å². The Hall–Kier alpha value is -2.73. The summed E-state index contributed by atoms with van der Waals surface area (Å²) in [4.78, 5) is 24.1. The summed E-state index contributed by atoms with van der Waals surface area (Å²) in [6.07, 6.45) is 3.25. The summed E-state index contributed by atoms with van der Waals surface area (Å²) < 4.78 is 42.3. The minimum atomic E-state index is -4.25. The van der Waals surface area contributed by atoms with Gasteiger partial charge in [-0.2, -0.15) is 22.3 Å². The Morgan fingerprint density at radius 1 is 1.27 bits per heavy atom. The fourth-order valence-electron chi connectivity index (χ4n) is 5.51. The van der Waals surface area contributed by atoms with Gasteiger partial charge in [-0.15, -0.1) is 0 Å². The molecular weight excluding hydrogens is 562 g/mol. The molecule has 2 aliphatic heterocycles. The van der Waals surface area contributed by atoms with Gasteiger partial charge in [-0.25, -0.2) is 14.8 Å². The highest BCUT2D eigenvalue weighted by Crippen LogP contribution is 2.44. The number of amides is 1. The molecule has 4 rings (SSSR count). The Labute approximate surface area is 244 Å². The van der Waals surface area contributed by atoms with E-state index in [1.165, 1.54) is 4.31 Å². The first-order valence-electron chi connectivity index (χ1n) is 14.0. The Bertz CT molecular complexity index is 1410. The molecule has 2 aromatic rings. The highest BCUT2D eigenvalue weighted by molar-refractivity contribution is 7.87. The Kier molecular flexibility index (Phi) is 8.76. The van der Waals surface area contributed by atoms with Crippen LogP contribution in [-0.2, 0) is 26.4 Å². The second-order valence-corrected chi connectivity index (χ2v) is 21.0. The van der Waals surface area contributed by atoms with Gasteiger partial charge < -0.3 is 18.9 Å². The summed E-state index contributed by atoms with van der Waals surface area (Å²) >= 11 is 0. The van der Waals surface area contributed by atoms with Crippen LogP contribution in [0.3, 0.4) is 0 Å². The van der Waals surface area contributed by atoms with Gasteiger partial charge in [0.2, 0.25) is 0 Å². The molecular formula is C27H43N7O5SSi. The number of carbonyl (C=O) groups is 1. The van der Waals surface area contributed by atoms with Crippen molar-refractivity contribution in [3.63, 3.8) is 0 Å². The van der Waals surface area contributed by atoms with E-state index < -0.39 is 36.5 Å². The van der Waals surface area contributed by atoms with Gasteiger partial charge in [0.25, 0.3) is 0 Å². The lowest BCUT2D eigenvalue weighted by Gasteiger charge is -2.42. The molecule has 2 fully saturated rings. The smallest absolute Gasteiger partial charge is 0.426 e. The average Bonchev–Trinajstić information content (AvgIpc) is 3.43. The molecule has 2 aromatic heterocycles. The van der Waals surface area contributed by atoms with Crippen molar-refractivity contribution >= 4 is 41.2 Å². The molecule has 0 unspecified atom stereocenters. The standard InChI is InChI=1S/C27H43N7O5SSi/c1-26(2,3)39-25(35)34(13-10-28)40(36,37)33-16-21-8-11-31(17-27(21,4)18-33)23-22-9-12-32(24(22)30-19-29-23)20-38-14-15-41(5,6)7/h9,12,19,21H,8,11,13-18,20H2,1-7H3/t21-,27+/m1/s1. The van der Waals surface area contributed by atoms with Crippen LogP contribution in [0.4, 0.5) is 10.6 Å². The number of fused-ring (bicyclic) bond motifs is 2. The van der Waals surface area contributed by atoms with Gasteiger partial charge in [0.05, 0.1) is 11.5 Å². The SMILES string of the molecule is CC(C)(C)OC(=O)N(CC#N)S(=O)(=O)N1C[C@H]2CCN(c3ncnc4c3ccn4COCC[Si](C)(C)C)C[C@@]2(C)C1. The van der Waals surface area contributed by atoms with E-state index in [1.807, 2.05) is 16.8 Å². The number of anilines is 1. The zero-order valence-corrected chi connectivity index (χ0v) is 27.1. The van der Waals surface area contributed by atoms with Crippen molar-refractivity contribution in [1.82, 2.24) is 23.1 Å². The van der Waals surface area contributed by atoms with E-state index in [-0.39, 0.29) is 24.4 Å². The van der Waals surface area contributed by atoms with Crippen molar-refractivity contribution in [2.45, 2.75) is 72.1 Å². The van der Waals surface area contributed by atoms with E-state index in [0.717, 1.165) is 35.9 Å². The molecule has 4 heterocycles. The molecule has 2 atom stereocenters. The van der Waals surface area contributed by atoms with E-state index in [9.17, 15) is 18.5 Å². The van der Waals surface area contributed by atoms with Crippen LogP contribution in [0, 0.1) is 22.7 Å². The first-order chi connectivity index (χ1) is 19.0. The van der Waals surface area contributed by atoms with Crippen LogP contribution in [0.1, 0.15) is 34.1 Å². The van der Waals surface area contributed by atoms with Crippen LogP contribution in [0.5, 0.6) is 0 Å². The zero-order chi connectivity index (χ0) is 30.2. The van der Waals surface area contributed by atoms with Crippen LogP contribution in [0.15, 0.2) is 18.6 Å². The fraction of sp³-hybridized carbons (Fsp3) is 0.704. The highest BCUT2D eigenvalue weighted by Gasteiger charge is 2.52. The van der Waals surface area contributed by atoms with Crippen molar-refractivity contribution in [2.75, 3.05) is 44.2 Å². The van der Waals surface area contributed by atoms with Crippen molar-refractivity contribution < 1.29 is 22.7 Å². The van der Waals surface area contributed by atoms with Gasteiger partial charge in [0.1, 0.15) is 36.7 Å². The van der Waals surface area contributed by atoms with Gasteiger partial charge in [-0.1, -0.05) is 26.6 Å². The van der Waals surface area contributed by atoms with Gasteiger partial charge in [0.15, 0.2) is 0 Å². The van der Waals surface area contributed by atoms with Crippen LogP contribution < -0.4 is 4.90 Å². The van der Waals surface area contributed by atoms with Crippen molar-refractivity contribution in [3.8, 4) is 6.07 Å². The molecule has 2 saturated heterocycles. The van der Waals surface area contributed by atoms with E-state index in [1.54, 1.807) is 33.2 Å². The second kappa shape index (κ2) is 11.5. The summed E-state index contributed by atoms with van der Waals surface area (Å²) in [5, 5.41) is 10.2. The van der Waals surface area contributed by atoms with E-state index in [0.29, 0.717) is 24.1 Å². The first-order valence-corrected chi connectivity index (χ1v) is 19.1. The Morgan fingerprint density at radius 2 is 2.00 bits per heavy atom. The minimum Gasteiger partial charge on any atom is -0.443 e. The number of hydrogen-bond donors (Lipinski definition) is 0. The Morgan fingerprint density at radius 3 is 2.66 bits per heavy atom. The summed E-state index contributed by atoms with van der Waals surface area (Å²) in [6.45, 7) is 16.4. The number of nitrogens with zero attached hydrogens (tertiary/aromatic N) is 7. The molecule has 0 saturated carbocycles. The molecule has 0 aromatic carbocycles. The predicted molar refractivity (Wildman–Crippen MR) is 159 cm³/mol. The molecule has 2 aliphatic rings. The molecule has 0 N–H and O–H groups in total. The molecule has 41 heavy (non-hydrogen) atoms. The maximum atomic E-state index is 13.6. The van der Waals surface area contributed by atoms with Crippen LogP contribution >= 0.6 is 0 Å². The predicted octanol–water partition coefficient (Wildman–Crippen LogP) is 3.90. The number of carbonyl (C=O) groups excluding carboxylic acids is 1. The van der Waals surface area contributed by atoms with Crippen molar-refractivity contribution in [1.29, 1.82) is 5.26 Å². The summed E-state index contributed by atoms with van der Waals surface area (Å²) in [7, 11) is -5.43. The second-order valence-electron chi connectivity index (χ2n) is 13.6. The maximum Gasteiger partial charge on any atom is 0.426 e. The van der Waals surface area contributed by atoms with E-state index in [2.05, 4.69) is 41.4 Å².